The fraction of sp³-hybridized carbons (Fsp3) is 0.581. The van der Waals surface area contributed by atoms with E-state index in [0.29, 0.717) is 97.6 Å². The zero-order valence-electron chi connectivity index (χ0n) is 26.5. The van der Waals surface area contributed by atoms with E-state index in [9.17, 15) is 19.5 Å². The average Bonchev–Trinajstić information content (AvgIpc) is 3.04. The van der Waals surface area contributed by atoms with Gasteiger partial charge in [-0.2, -0.15) is 0 Å². The lowest BCUT2D eigenvalue weighted by Crippen LogP contribution is -2.32. The van der Waals surface area contributed by atoms with Crippen LogP contribution >= 0.6 is 0 Å². The maximum Gasteiger partial charge on any atom is 0.356 e. The van der Waals surface area contributed by atoms with Crippen LogP contribution in [0.1, 0.15) is 45.7 Å². The Morgan fingerprint density at radius 2 is 1.13 bits per heavy atom. The molecule has 2 heterocycles. The van der Waals surface area contributed by atoms with E-state index in [-0.39, 0.29) is 24.0 Å². The smallest absolute Gasteiger partial charge is 0.356 e. The van der Waals surface area contributed by atoms with Gasteiger partial charge in [-0.25, -0.2) is 19.6 Å². The number of hydrogen-bond donors (Lipinski definition) is 1. The second-order valence-corrected chi connectivity index (χ2v) is 9.82. The highest BCUT2D eigenvalue weighted by Gasteiger charge is 2.13. The minimum Gasteiger partial charge on any atom is -0.466 e. The normalized spacial score (nSPS) is 11.2. The quantitative estimate of drug-likeness (QED) is 0.100. The first-order chi connectivity index (χ1) is 21.9. The van der Waals surface area contributed by atoms with Gasteiger partial charge in [-0.1, -0.05) is 12.1 Å². The largest absolute Gasteiger partial charge is 0.466 e. The molecule has 14 nitrogen and oxygen atoms in total. The van der Waals surface area contributed by atoms with Crippen molar-refractivity contribution >= 4 is 17.9 Å². The van der Waals surface area contributed by atoms with Gasteiger partial charge in [0.15, 0.2) is 0 Å². The molecule has 0 saturated carbocycles. The topological polar surface area (TPSA) is 159 Å². The summed E-state index contributed by atoms with van der Waals surface area (Å²) in [5.41, 5.74) is 1.89. The van der Waals surface area contributed by atoms with E-state index in [0.717, 1.165) is 5.69 Å². The summed E-state index contributed by atoms with van der Waals surface area (Å²) in [6.45, 7) is 7.45. The van der Waals surface area contributed by atoms with Crippen LogP contribution in [-0.2, 0) is 46.3 Å². The number of aliphatic hydroxyl groups is 1. The van der Waals surface area contributed by atoms with Crippen molar-refractivity contribution in [2.24, 2.45) is 0 Å². The summed E-state index contributed by atoms with van der Waals surface area (Å²) in [7, 11) is 2.63. The molecule has 0 amide bonds. The molecule has 0 atom stereocenters. The van der Waals surface area contributed by atoms with E-state index in [4.69, 9.17) is 28.4 Å². The predicted molar refractivity (Wildman–Crippen MR) is 162 cm³/mol. The van der Waals surface area contributed by atoms with E-state index >= 15 is 0 Å². The summed E-state index contributed by atoms with van der Waals surface area (Å²) in [5, 5.41) is 9.45. The molecule has 2 rings (SSSR count). The first-order valence-corrected chi connectivity index (χ1v) is 14.9. The number of methoxy groups -OCH3 is 2. The molecule has 0 aliphatic rings. The number of hydrogen-bond acceptors (Lipinski definition) is 14. The molecule has 2 aromatic rings. The highest BCUT2D eigenvalue weighted by Crippen LogP contribution is 2.07. The second-order valence-electron chi connectivity index (χ2n) is 9.82. The Kier molecular flexibility index (Phi) is 19.2. The van der Waals surface area contributed by atoms with E-state index in [1.54, 1.807) is 24.3 Å². The van der Waals surface area contributed by atoms with Crippen molar-refractivity contribution in [1.29, 1.82) is 0 Å². The van der Waals surface area contributed by atoms with Crippen LogP contribution in [0.15, 0.2) is 36.4 Å². The summed E-state index contributed by atoms with van der Waals surface area (Å²) < 4.78 is 31.7. The van der Waals surface area contributed by atoms with Crippen molar-refractivity contribution in [2.75, 3.05) is 93.3 Å². The van der Waals surface area contributed by atoms with E-state index in [1.165, 1.54) is 21.1 Å². The summed E-state index contributed by atoms with van der Waals surface area (Å²) in [5.74, 6) is -1.30. The third-order valence-corrected chi connectivity index (χ3v) is 6.36. The lowest BCUT2D eigenvalue weighted by atomic mass is 10.3. The highest BCUT2D eigenvalue weighted by molar-refractivity contribution is 5.87. The monoisotopic (exact) mass is 634 g/mol. The van der Waals surface area contributed by atoms with Crippen LogP contribution in [0.2, 0.25) is 0 Å². The first kappa shape index (κ1) is 37.7. The predicted octanol–water partition coefficient (Wildman–Crippen LogP) is 1.35. The summed E-state index contributed by atoms with van der Waals surface area (Å²) in [6, 6.07) is 10.4. The number of carbonyl (C=O) groups excluding carboxylic acids is 3. The molecule has 0 saturated heterocycles. The Bertz CT molecular complexity index is 1150. The minimum absolute atomic E-state index is 0.0157. The van der Waals surface area contributed by atoms with Crippen LogP contribution < -0.4 is 0 Å². The van der Waals surface area contributed by atoms with Crippen LogP contribution in [0, 0.1) is 0 Å². The second kappa shape index (κ2) is 22.9. The van der Waals surface area contributed by atoms with Crippen molar-refractivity contribution in [2.45, 2.75) is 26.4 Å². The molecule has 1 N–H and O–H groups in total. The Labute approximate surface area is 264 Å². The van der Waals surface area contributed by atoms with Gasteiger partial charge in [-0.15, -0.1) is 0 Å². The zero-order valence-corrected chi connectivity index (χ0v) is 26.5. The summed E-state index contributed by atoms with van der Waals surface area (Å²) >= 11 is 0. The Morgan fingerprint density at radius 3 is 1.58 bits per heavy atom. The van der Waals surface area contributed by atoms with Gasteiger partial charge in [-0.05, 0) is 24.3 Å². The van der Waals surface area contributed by atoms with Gasteiger partial charge in [-0.3, -0.25) is 14.6 Å². The average molecular weight is 635 g/mol. The van der Waals surface area contributed by atoms with Crippen molar-refractivity contribution in [3.05, 3.63) is 59.2 Å². The Hall–Kier alpha value is -3.53. The molecule has 0 unspecified atom stereocenters. The fourth-order valence-corrected chi connectivity index (χ4v) is 4.09. The van der Waals surface area contributed by atoms with Crippen molar-refractivity contribution in [3.8, 4) is 0 Å². The molecule has 45 heavy (non-hydrogen) atoms. The molecule has 0 aliphatic carbocycles. The highest BCUT2D eigenvalue weighted by atomic mass is 16.5. The van der Waals surface area contributed by atoms with Crippen LogP contribution in [-0.4, -0.2) is 136 Å². The van der Waals surface area contributed by atoms with Crippen molar-refractivity contribution < 1.29 is 47.9 Å². The molecule has 250 valence electrons. The molecule has 0 fully saturated rings. The third kappa shape index (κ3) is 16.4. The van der Waals surface area contributed by atoms with Gasteiger partial charge in [0.1, 0.15) is 11.4 Å². The molecule has 0 bridgehead atoms. The maximum absolute atomic E-state index is 11.9. The Balaban J connectivity index is 1.74. The maximum atomic E-state index is 11.9. The number of ether oxygens (including phenoxy) is 6. The molecule has 14 heteroatoms. The number of rotatable bonds is 24. The molecule has 2 aromatic heterocycles. The fourth-order valence-electron chi connectivity index (χ4n) is 4.09. The molecular weight excluding hydrogens is 588 g/mol. The third-order valence-electron chi connectivity index (χ3n) is 6.36. The first-order valence-electron chi connectivity index (χ1n) is 14.9. The van der Waals surface area contributed by atoms with Crippen LogP contribution in [0.5, 0.6) is 0 Å². The van der Waals surface area contributed by atoms with Gasteiger partial charge < -0.3 is 33.5 Å². The van der Waals surface area contributed by atoms with Gasteiger partial charge >= 0.3 is 17.9 Å². The number of esters is 3. The lowest BCUT2D eigenvalue weighted by Gasteiger charge is -2.22. The molecular formula is C31H46N4O10. The Morgan fingerprint density at radius 1 is 0.667 bits per heavy atom. The number of aromatic nitrogens is 2. The van der Waals surface area contributed by atoms with Gasteiger partial charge in [0.05, 0.1) is 71.9 Å². The SMILES string of the molecule is COC(=O)c1cccc(CN(CCO)CCOCCOCCN(CCOCCCOC(C)=O)Cc2cccc(C(=O)OC)n2)n1. The zero-order chi connectivity index (χ0) is 32.7. The lowest BCUT2D eigenvalue weighted by molar-refractivity contribution is -0.141. The summed E-state index contributed by atoms with van der Waals surface area (Å²) in [6.07, 6.45) is 0.614. The molecule has 0 radical (unpaired) electrons. The van der Waals surface area contributed by atoms with Gasteiger partial charge in [0.2, 0.25) is 0 Å². The molecule has 0 aliphatic heterocycles. The van der Waals surface area contributed by atoms with Crippen molar-refractivity contribution in [3.63, 3.8) is 0 Å². The number of carbonyl (C=O) groups is 3. The number of nitrogens with zero attached hydrogens (tertiary/aromatic N) is 4. The van der Waals surface area contributed by atoms with Crippen LogP contribution in [0.3, 0.4) is 0 Å². The standard InChI is InChI=1S/C31H46N4O10/c1-25(37)45-17-6-16-42-18-13-35(24-27-8-5-10-29(33-27)31(39)41-3)14-20-44-22-21-43-19-12-34(11-15-36)23-26-7-4-9-28(32-26)30(38)40-2/h4-5,7-10,36H,6,11-24H2,1-3H3. The number of pyridine rings is 2. The van der Waals surface area contributed by atoms with Crippen molar-refractivity contribution in [1.82, 2.24) is 19.8 Å². The van der Waals surface area contributed by atoms with E-state index < -0.39 is 11.9 Å². The van der Waals surface area contributed by atoms with E-state index in [1.807, 2.05) is 17.0 Å². The van der Waals surface area contributed by atoms with Gasteiger partial charge in [0, 0.05) is 59.2 Å². The number of aliphatic hydroxyl groups excluding tert-OH is 1. The molecule has 0 spiro atoms. The van der Waals surface area contributed by atoms with Crippen LogP contribution in [0.4, 0.5) is 0 Å². The minimum atomic E-state index is -0.497. The summed E-state index contributed by atoms with van der Waals surface area (Å²) in [4.78, 5) is 47.4. The van der Waals surface area contributed by atoms with Gasteiger partial charge in [0.25, 0.3) is 0 Å². The van der Waals surface area contributed by atoms with Crippen LogP contribution in [0.25, 0.3) is 0 Å². The van der Waals surface area contributed by atoms with E-state index in [2.05, 4.69) is 14.9 Å². The molecule has 0 aromatic carbocycles.